The lowest BCUT2D eigenvalue weighted by atomic mass is 10.1. The van der Waals surface area contributed by atoms with Crippen molar-refractivity contribution in [2.24, 2.45) is 10.7 Å². The highest BCUT2D eigenvalue weighted by Gasteiger charge is 2.38. The molecule has 0 fully saturated rings. The van der Waals surface area contributed by atoms with Gasteiger partial charge in [0.25, 0.3) is 0 Å². The van der Waals surface area contributed by atoms with E-state index in [9.17, 15) is 22.4 Å². The molecule has 0 saturated heterocycles. The summed E-state index contributed by atoms with van der Waals surface area (Å²) >= 11 is 6.41. The van der Waals surface area contributed by atoms with Crippen LogP contribution >= 0.6 is 11.6 Å². The number of aromatic nitrogens is 2. The molecule has 42 heavy (non-hydrogen) atoms. The molecule has 0 spiro atoms. The van der Waals surface area contributed by atoms with E-state index >= 15 is 0 Å². The first-order chi connectivity index (χ1) is 20.0. The molecule has 2 heterocycles. The Labute approximate surface area is 248 Å². The third-order valence-corrected chi connectivity index (χ3v) is 6.83. The van der Waals surface area contributed by atoms with Crippen LogP contribution in [-0.2, 0) is 28.7 Å². The summed E-state index contributed by atoms with van der Waals surface area (Å²) in [4.78, 5) is 16.9. The molecule has 228 valence electrons. The molecule has 1 amide bonds. The topological polar surface area (TPSA) is 94.5 Å². The number of hydrogen-bond acceptors (Lipinski definition) is 5. The largest absolute Gasteiger partial charge is 0.464 e. The summed E-state index contributed by atoms with van der Waals surface area (Å²) < 4.78 is 63.2. The minimum Gasteiger partial charge on any atom is -0.464 e. The van der Waals surface area contributed by atoms with Crippen LogP contribution in [0.3, 0.4) is 0 Å². The van der Waals surface area contributed by atoms with Gasteiger partial charge in [0.15, 0.2) is 0 Å². The van der Waals surface area contributed by atoms with Crippen LogP contribution in [0, 0.1) is 0 Å². The molecule has 1 aliphatic heterocycles. The van der Waals surface area contributed by atoms with Gasteiger partial charge in [-0.3, -0.25) is 9.48 Å². The van der Waals surface area contributed by atoms with Crippen molar-refractivity contribution in [3.8, 4) is 0 Å². The van der Waals surface area contributed by atoms with Gasteiger partial charge in [0.1, 0.15) is 34.6 Å². The third-order valence-electron chi connectivity index (χ3n) is 6.49. The fourth-order valence-electron chi connectivity index (χ4n) is 4.20. The summed E-state index contributed by atoms with van der Waals surface area (Å²) in [6, 6.07) is 0. The maximum atomic E-state index is 14.6. The van der Waals surface area contributed by atoms with E-state index in [0.717, 1.165) is 17.3 Å². The number of aliphatic imine (C=N–C) groups is 1. The molecule has 2 unspecified atom stereocenters. The lowest BCUT2D eigenvalue weighted by Crippen LogP contribution is -2.26. The van der Waals surface area contributed by atoms with Gasteiger partial charge in [0.2, 0.25) is 5.91 Å². The van der Waals surface area contributed by atoms with Crippen LogP contribution in [0.2, 0.25) is 0 Å². The Morgan fingerprint density at radius 3 is 2.83 bits per heavy atom. The maximum Gasteiger partial charge on any atom is 0.433 e. The van der Waals surface area contributed by atoms with Crippen LogP contribution in [-0.4, -0.2) is 33.5 Å². The molecular formula is C30H36ClF4N5O2. The molecule has 0 aromatic carbocycles. The van der Waals surface area contributed by atoms with E-state index in [4.69, 9.17) is 22.1 Å². The van der Waals surface area contributed by atoms with Crippen molar-refractivity contribution in [3.05, 3.63) is 88.6 Å². The van der Waals surface area contributed by atoms with Crippen molar-refractivity contribution in [1.82, 2.24) is 15.1 Å². The van der Waals surface area contributed by atoms with Crippen molar-refractivity contribution < 1.29 is 27.1 Å². The number of aryl methyl sites for hydroxylation is 1. The van der Waals surface area contributed by atoms with Gasteiger partial charge in [0.05, 0.1) is 12.6 Å². The molecule has 1 aromatic heterocycles. The zero-order valence-electron chi connectivity index (χ0n) is 23.6. The Kier molecular flexibility index (Phi) is 12.2. The number of nitrogens with two attached hydrogens (primary N) is 1. The number of rotatable bonds is 10. The number of allylic oxidation sites excluding steroid dienone is 9. The van der Waals surface area contributed by atoms with Gasteiger partial charge in [0, 0.05) is 30.4 Å². The van der Waals surface area contributed by atoms with Crippen molar-refractivity contribution in [2.75, 3.05) is 0 Å². The monoisotopic (exact) mass is 609 g/mol. The van der Waals surface area contributed by atoms with Crippen molar-refractivity contribution in [3.63, 3.8) is 0 Å². The number of amides is 1. The van der Waals surface area contributed by atoms with Crippen LogP contribution in [0.15, 0.2) is 82.3 Å². The van der Waals surface area contributed by atoms with Gasteiger partial charge in [-0.25, -0.2) is 9.38 Å². The second-order valence-corrected chi connectivity index (χ2v) is 10.4. The molecule has 2 atom stereocenters. The predicted octanol–water partition coefficient (Wildman–Crippen LogP) is 6.94. The van der Waals surface area contributed by atoms with Gasteiger partial charge in [-0.05, 0) is 75.5 Å². The standard InChI is InChI=1S/C30H36ClF4N5O2/c1-3-20(2)8-5-7-15-40-29(30(33,34)35)21(19-38-40)16-28(41)39-23-11-10-22(32)17-24(13-12-23)42-26-9-4-6-14-37-27(36)18-25(26)31/h8-14,18-19,22,25H,3-7,15-17,36H2,1-2H3,(H,39,41)/b11-10?,20-8+,23-12?,24-13+,26-9+,27-18?,37-14?. The number of nitrogens with zero attached hydrogens (tertiary/aromatic N) is 3. The van der Waals surface area contributed by atoms with Gasteiger partial charge in [-0.2, -0.15) is 18.3 Å². The van der Waals surface area contributed by atoms with E-state index in [1.807, 2.05) is 19.9 Å². The van der Waals surface area contributed by atoms with E-state index in [0.29, 0.717) is 31.4 Å². The minimum atomic E-state index is -4.69. The average Bonchev–Trinajstić information content (AvgIpc) is 3.34. The number of alkyl halides is 5. The van der Waals surface area contributed by atoms with Gasteiger partial charge >= 0.3 is 6.18 Å². The molecule has 7 nitrogen and oxygen atoms in total. The Bertz CT molecular complexity index is 1320. The highest BCUT2D eigenvalue weighted by molar-refractivity contribution is 6.23. The van der Waals surface area contributed by atoms with Gasteiger partial charge in [-0.1, -0.05) is 18.6 Å². The molecular weight excluding hydrogens is 574 g/mol. The summed E-state index contributed by atoms with van der Waals surface area (Å²) in [5, 5.41) is 5.73. The lowest BCUT2D eigenvalue weighted by molar-refractivity contribution is -0.144. The molecule has 0 bridgehead atoms. The van der Waals surface area contributed by atoms with Gasteiger partial charge < -0.3 is 15.8 Å². The van der Waals surface area contributed by atoms with E-state index in [-0.39, 0.29) is 35.8 Å². The Morgan fingerprint density at radius 2 is 2.10 bits per heavy atom. The average molecular weight is 610 g/mol. The van der Waals surface area contributed by atoms with E-state index in [1.165, 1.54) is 36.0 Å². The molecule has 1 aliphatic carbocycles. The fraction of sp³-hybridized carbons (Fsp3) is 0.433. The molecule has 2 aliphatic rings. The quantitative estimate of drug-likeness (QED) is 0.130. The zero-order valence-corrected chi connectivity index (χ0v) is 24.4. The van der Waals surface area contributed by atoms with Crippen LogP contribution in [0.1, 0.15) is 63.6 Å². The van der Waals surface area contributed by atoms with Crippen molar-refractivity contribution >= 4 is 23.7 Å². The number of nitrogens with one attached hydrogen (secondary N) is 1. The normalized spacial score (nSPS) is 22.7. The first-order valence-electron chi connectivity index (χ1n) is 13.8. The van der Waals surface area contributed by atoms with Crippen molar-refractivity contribution in [1.29, 1.82) is 0 Å². The Morgan fingerprint density at radius 1 is 1.31 bits per heavy atom. The molecule has 3 N–H and O–H groups in total. The predicted molar refractivity (Wildman–Crippen MR) is 156 cm³/mol. The smallest absolute Gasteiger partial charge is 0.433 e. The lowest BCUT2D eigenvalue weighted by Gasteiger charge is -2.18. The summed E-state index contributed by atoms with van der Waals surface area (Å²) in [5.41, 5.74) is 5.98. The molecule has 1 aromatic rings. The van der Waals surface area contributed by atoms with Crippen molar-refractivity contribution in [2.45, 2.75) is 83.1 Å². The summed E-state index contributed by atoms with van der Waals surface area (Å²) in [6.07, 6.45) is 9.99. The maximum absolute atomic E-state index is 14.6. The summed E-state index contributed by atoms with van der Waals surface area (Å²) in [6.45, 7) is 4.05. The SMILES string of the molecule is CC/C(C)=C/CCCn1ncc(CC(=O)NC2=C/C=C(/O/C3=C/CCC=NC(N)=CC3Cl)CC(F)C=C2)c1C(F)(F)F. The van der Waals surface area contributed by atoms with Crippen LogP contribution < -0.4 is 11.1 Å². The second kappa shape index (κ2) is 15.6. The zero-order chi connectivity index (χ0) is 30.7. The number of carbonyl (C=O) groups excluding carboxylic acids is 1. The van der Waals surface area contributed by atoms with Gasteiger partial charge in [-0.15, -0.1) is 11.6 Å². The molecule has 0 saturated carbocycles. The Balaban J connectivity index is 1.72. The molecule has 12 heteroatoms. The summed E-state index contributed by atoms with van der Waals surface area (Å²) in [7, 11) is 0. The molecule has 3 rings (SSSR count). The van der Waals surface area contributed by atoms with Crippen LogP contribution in [0.4, 0.5) is 17.6 Å². The van der Waals surface area contributed by atoms with E-state index in [2.05, 4.69) is 15.4 Å². The van der Waals surface area contributed by atoms with Crippen LogP contribution in [0.5, 0.6) is 0 Å². The van der Waals surface area contributed by atoms with E-state index < -0.39 is 35.7 Å². The fourth-order valence-corrected chi connectivity index (χ4v) is 4.47. The minimum absolute atomic E-state index is 0.0678. The highest BCUT2D eigenvalue weighted by Crippen LogP contribution is 2.32. The number of hydrogen-bond donors (Lipinski definition) is 2. The summed E-state index contributed by atoms with van der Waals surface area (Å²) in [5.74, 6) is 0.130. The first-order valence-corrected chi connectivity index (χ1v) is 14.2. The number of ether oxygens (including phenoxy) is 1. The second-order valence-electron chi connectivity index (χ2n) is 9.94. The van der Waals surface area contributed by atoms with E-state index in [1.54, 1.807) is 12.3 Å². The first kappa shape index (κ1) is 32.9. The van der Waals surface area contributed by atoms with Crippen LogP contribution in [0.25, 0.3) is 0 Å². The number of halogens is 5. The highest BCUT2D eigenvalue weighted by atomic mass is 35.5. The number of unbranched alkanes of at least 4 members (excludes halogenated alkanes) is 1. The Hall–Kier alpha value is -3.60. The number of carbonyl (C=O) groups is 1. The third kappa shape index (κ3) is 10.3. The molecule has 0 radical (unpaired) electrons.